The van der Waals surface area contributed by atoms with Crippen LogP contribution in [0.3, 0.4) is 0 Å². The van der Waals surface area contributed by atoms with Crippen LogP contribution in [0.1, 0.15) is 145 Å². The van der Waals surface area contributed by atoms with Crippen LogP contribution in [0.2, 0.25) is 0 Å². The zero-order valence-electron chi connectivity index (χ0n) is 44.2. The van der Waals surface area contributed by atoms with E-state index in [9.17, 15) is 55.5 Å². The molecule has 0 aromatic rings. The van der Waals surface area contributed by atoms with Gasteiger partial charge in [0.15, 0.2) is 43.7 Å². The van der Waals surface area contributed by atoms with Crippen LogP contribution in [0.4, 0.5) is 0 Å². The lowest BCUT2D eigenvalue weighted by molar-refractivity contribution is -0.416. The average molecular weight is 1070 g/mol. The van der Waals surface area contributed by atoms with Gasteiger partial charge in [-0.15, -0.1) is 0 Å². The van der Waals surface area contributed by atoms with Crippen LogP contribution in [-0.4, -0.2) is 212 Å². The van der Waals surface area contributed by atoms with Crippen molar-refractivity contribution >= 4 is 11.9 Å². The Morgan fingerprint density at radius 1 is 0.541 bits per heavy atom. The van der Waals surface area contributed by atoms with Gasteiger partial charge in [-0.2, -0.15) is 0 Å². The van der Waals surface area contributed by atoms with E-state index in [0.717, 1.165) is 64.2 Å². The number of carbonyl (C=O) groups excluding carboxylic acids is 2. The Labute approximate surface area is 434 Å². The van der Waals surface area contributed by atoms with E-state index in [2.05, 4.69) is 6.92 Å². The Balaban J connectivity index is 1.36. The third kappa shape index (κ3) is 15.1. The molecule has 6 aliphatic rings. The van der Waals surface area contributed by atoms with E-state index in [1.165, 1.54) is 27.7 Å². The summed E-state index contributed by atoms with van der Waals surface area (Å²) in [5.41, 5.74) is 0. The summed E-state index contributed by atoms with van der Waals surface area (Å²) in [6.07, 6.45) is -26.8. The molecule has 9 N–H and O–H groups in total. The number of rotatable bonds is 13. The molecule has 6 saturated heterocycles. The van der Waals surface area contributed by atoms with Gasteiger partial charge < -0.3 is 103 Å². The van der Waals surface area contributed by atoms with Gasteiger partial charge in [-0.05, 0) is 53.4 Å². The number of fused-ring (bicyclic) bond motifs is 3. The van der Waals surface area contributed by atoms with Crippen molar-refractivity contribution in [2.24, 2.45) is 11.8 Å². The van der Waals surface area contributed by atoms with Gasteiger partial charge in [0.2, 0.25) is 6.29 Å². The fourth-order valence-electron chi connectivity index (χ4n) is 10.3. The molecule has 0 aliphatic carbocycles. The van der Waals surface area contributed by atoms with Crippen LogP contribution in [-0.2, 0) is 66.4 Å². The van der Waals surface area contributed by atoms with E-state index in [-0.39, 0.29) is 12.5 Å². The van der Waals surface area contributed by atoms with Crippen LogP contribution in [0.25, 0.3) is 0 Å². The van der Waals surface area contributed by atoms with Gasteiger partial charge in [0.1, 0.15) is 67.1 Å². The van der Waals surface area contributed by atoms with Crippen molar-refractivity contribution in [3.8, 4) is 0 Å². The van der Waals surface area contributed by atoms with E-state index in [0.29, 0.717) is 19.3 Å². The molecule has 0 radical (unpaired) electrons. The van der Waals surface area contributed by atoms with Crippen LogP contribution in [0.15, 0.2) is 0 Å². The molecule has 0 unspecified atom stereocenters. The SMILES string of the molecule is CCCCC[C@H]1CCCCCCCCCC(=O)O[C@H]2[C@@H](O)[C@H](O[C@H]3[C@H](O1)O[C@H](C)[C@H](O)[C@@H]3O)O[C@@H](C)[C@@H]2O[C@@H]1O[C@@H](O)[C@H](O[C@@H]2O[C@@H](C)[C@H](O)[C@@H](O)[C@H]2C)[C@@H](O[C@@H]2O[C@@H](C)[C@H](O)[C@@H](O)[C@H]2O)[C@H]1OC(=O)[C@@H](C)CC. The minimum atomic E-state index is -2.09. The van der Waals surface area contributed by atoms with Crippen molar-refractivity contribution < 1.29 is 112 Å². The predicted molar refractivity (Wildman–Crippen MR) is 255 cm³/mol. The number of ether oxygens (including phenoxy) is 12. The van der Waals surface area contributed by atoms with Crippen molar-refractivity contribution in [1.82, 2.24) is 0 Å². The van der Waals surface area contributed by atoms with Gasteiger partial charge in [0.25, 0.3) is 0 Å². The third-order valence-corrected chi connectivity index (χ3v) is 15.5. The lowest BCUT2D eigenvalue weighted by Crippen LogP contribution is -2.68. The number of hydrogen-bond acceptors (Lipinski definition) is 23. The van der Waals surface area contributed by atoms with Crippen molar-refractivity contribution in [2.75, 3.05) is 0 Å². The second kappa shape index (κ2) is 28.4. The van der Waals surface area contributed by atoms with E-state index in [1.54, 1.807) is 20.8 Å². The fraction of sp³-hybridized carbons (Fsp3) is 0.961. The third-order valence-electron chi connectivity index (χ3n) is 15.5. The molecular formula is C51H88O23. The molecule has 0 aromatic heterocycles. The van der Waals surface area contributed by atoms with E-state index >= 15 is 0 Å². The number of hydrogen-bond donors (Lipinski definition) is 9. The number of unbranched alkanes of at least 4 members (excludes halogenated alkanes) is 2. The van der Waals surface area contributed by atoms with E-state index < -0.39 is 171 Å². The largest absolute Gasteiger partial charge is 0.456 e. The minimum absolute atomic E-state index is 0.0390. The highest BCUT2D eigenvalue weighted by molar-refractivity contribution is 5.72. The average Bonchev–Trinajstić information content (AvgIpc) is 3.36. The maximum absolute atomic E-state index is 13.9. The zero-order chi connectivity index (χ0) is 54.1. The molecule has 430 valence electrons. The molecule has 23 nitrogen and oxygen atoms in total. The van der Waals surface area contributed by atoms with Gasteiger partial charge in [-0.1, -0.05) is 85.5 Å². The van der Waals surface area contributed by atoms with E-state index in [1.807, 2.05) is 0 Å². The molecule has 6 rings (SSSR count). The fourth-order valence-corrected chi connectivity index (χ4v) is 10.3. The molecule has 0 amide bonds. The van der Waals surface area contributed by atoms with Crippen molar-refractivity contribution in [1.29, 1.82) is 0 Å². The molecule has 23 heteroatoms. The monoisotopic (exact) mass is 1070 g/mol. The first-order valence-corrected chi connectivity index (χ1v) is 27.2. The van der Waals surface area contributed by atoms with Gasteiger partial charge in [-0.25, -0.2) is 0 Å². The first-order chi connectivity index (χ1) is 35.2. The number of aliphatic hydroxyl groups excluding tert-OH is 9. The molecule has 74 heavy (non-hydrogen) atoms. The van der Waals surface area contributed by atoms with Gasteiger partial charge in [0.05, 0.1) is 42.5 Å². The summed E-state index contributed by atoms with van der Waals surface area (Å²) in [7, 11) is 0. The van der Waals surface area contributed by atoms with Gasteiger partial charge >= 0.3 is 11.9 Å². The smallest absolute Gasteiger partial charge is 0.309 e. The second-order valence-electron chi connectivity index (χ2n) is 21.4. The van der Waals surface area contributed by atoms with Gasteiger partial charge in [-0.3, -0.25) is 9.59 Å². The van der Waals surface area contributed by atoms with Crippen LogP contribution in [0, 0.1) is 11.8 Å². The number of aliphatic hydroxyl groups is 9. The summed E-state index contributed by atoms with van der Waals surface area (Å²) in [6.45, 7) is 13.0. The summed E-state index contributed by atoms with van der Waals surface area (Å²) >= 11 is 0. The Morgan fingerprint density at radius 2 is 1.12 bits per heavy atom. The number of carbonyl (C=O) groups is 2. The highest BCUT2D eigenvalue weighted by Gasteiger charge is 2.59. The molecule has 6 heterocycles. The summed E-state index contributed by atoms with van der Waals surface area (Å²) in [6, 6.07) is 0. The quantitative estimate of drug-likeness (QED) is 0.0920. The normalized spacial score (nSPS) is 47.0. The van der Waals surface area contributed by atoms with Crippen molar-refractivity contribution in [3.05, 3.63) is 0 Å². The lowest BCUT2D eigenvalue weighted by Gasteiger charge is -2.51. The first-order valence-electron chi connectivity index (χ1n) is 27.2. The second-order valence-corrected chi connectivity index (χ2v) is 21.4. The molecule has 0 saturated carbocycles. The highest BCUT2D eigenvalue weighted by atomic mass is 16.8. The van der Waals surface area contributed by atoms with E-state index in [4.69, 9.17) is 56.8 Å². The maximum atomic E-state index is 13.9. The molecule has 6 aliphatic heterocycles. The Bertz CT molecular complexity index is 1700. The summed E-state index contributed by atoms with van der Waals surface area (Å²) in [4.78, 5) is 27.7. The zero-order valence-corrected chi connectivity index (χ0v) is 44.2. The molecular weight excluding hydrogens is 981 g/mol. The highest BCUT2D eigenvalue weighted by Crippen LogP contribution is 2.39. The summed E-state index contributed by atoms with van der Waals surface area (Å²) < 4.78 is 74.6. The van der Waals surface area contributed by atoms with Crippen molar-refractivity contribution in [2.45, 2.75) is 299 Å². The standard InChI is InChI=1S/C51H88O23/c1-9-11-17-20-29-21-18-15-13-12-14-16-19-22-30(52)68-40-38(60)49(71-41-36(58)34(56)27(7)65-50(41)67-29)66-28(8)39(40)70-51-44(69-45(61)23(3)10-2)42(72-48-37(59)35(57)33(55)26(6)64-48)43(46(62)74-51)73-47-24(4)31(53)32(54)25(5)63-47/h23-29,31-44,46-51,53-60,62H,9-22H2,1-8H3/t23-,24+,25-,26-,27+,28-,29-,31-,32-,33-,34-,35+,36-,37+,38+,39-,40-,41+,42+,43+,44+,46+,47-,48-,49-,50-,51+/m0/s1. The molecule has 27 atom stereocenters. The molecule has 0 aromatic carbocycles. The number of esters is 2. The van der Waals surface area contributed by atoms with Gasteiger partial charge in [0, 0.05) is 12.3 Å². The molecule has 0 spiro atoms. The van der Waals surface area contributed by atoms with Crippen LogP contribution < -0.4 is 0 Å². The molecule has 6 fully saturated rings. The topological polar surface area (TPSA) is 327 Å². The molecule has 2 bridgehead atoms. The summed E-state index contributed by atoms with van der Waals surface area (Å²) in [5.74, 6) is -3.21. The Kier molecular flexibility index (Phi) is 23.5. The maximum Gasteiger partial charge on any atom is 0.309 e. The van der Waals surface area contributed by atoms with Crippen LogP contribution in [0.5, 0.6) is 0 Å². The first kappa shape index (κ1) is 61.4. The minimum Gasteiger partial charge on any atom is -0.456 e. The van der Waals surface area contributed by atoms with Crippen molar-refractivity contribution in [3.63, 3.8) is 0 Å². The Hall–Kier alpha value is -1.82. The lowest BCUT2D eigenvalue weighted by atomic mass is 9.92. The predicted octanol–water partition coefficient (Wildman–Crippen LogP) is 1.06. The van der Waals surface area contributed by atoms with Crippen LogP contribution >= 0.6 is 0 Å². The Morgan fingerprint density at radius 3 is 1.80 bits per heavy atom. The summed E-state index contributed by atoms with van der Waals surface area (Å²) in [5, 5.41) is 101.